The van der Waals surface area contributed by atoms with Crippen molar-refractivity contribution in [2.45, 2.75) is 51.5 Å². The summed E-state index contributed by atoms with van der Waals surface area (Å²) < 4.78 is 13.4. The minimum atomic E-state index is -0.184. The summed E-state index contributed by atoms with van der Waals surface area (Å²) in [6.45, 7) is 7.59. The number of imidazole rings is 1. The predicted molar refractivity (Wildman–Crippen MR) is 120 cm³/mol. The van der Waals surface area contributed by atoms with Crippen molar-refractivity contribution in [2.75, 3.05) is 6.54 Å². The molecule has 2 aliphatic rings. The van der Waals surface area contributed by atoms with Crippen LogP contribution in [0.3, 0.4) is 0 Å². The third kappa shape index (κ3) is 3.15. The first kappa shape index (κ1) is 19.1. The topological polar surface area (TPSA) is 31.9 Å². The molecule has 1 saturated heterocycles. The Labute approximate surface area is 177 Å². The quantitative estimate of drug-likeness (QED) is 0.562. The van der Waals surface area contributed by atoms with Crippen molar-refractivity contribution in [1.82, 2.24) is 14.9 Å². The number of rotatable bonds is 3. The van der Waals surface area contributed by atoms with E-state index in [1.54, 1.807) is 12.1 Å². The third-order valence-electron chi connectivity index (χ3n) is 6.91. The average molecular weight is 402 g/mol. The van der Waals surface area contributed by atoms with Gasteiger partial charge >= 0.3 is 0 Å². The number of hydrogen-bond acceptors (Lipinski definition) is 2. The van der Waals surface area contributed by atoms with Gasteiger partial charge < -0.3 is 9.88 Å². The number of halogens is 1. The molecule has 2 atom stereocenters. The van der Waals surface area contributed by atoms with E-state index in [4.69, 9.17) is 4.98 Å². The number of fused-ring (bicyclic) bond motifs is 1. The van der Waals surface area contributed by atoms with E-state index in [2.05, 4.69) is 61.0 Å². The van der Waals surface area contributed by atoms with E-state index in [0.717, 1.165) is 48.2 Å². The molecule has 0 bridgehead atoms. The summed E-state index contributed by atoms with van der Waals surface area (Å²) in [6, 6.07) is 11.3. The number of allylic oxidation sites excluding steroid dienone is 3. The van der Waals surface area contributed by atoms with Crippen molar-refractivity contribution in [2.24, 2.45) is 0 Å². The first-order valence-electron chi connectivity index (χ1n) is 10.8. The van der Waals surface area contributed by atoms with Crippen molar-refractivity contribution < 1.29 is 4.39 Å². The number of aromatic amines is 1. The number of hydrogen-bond donors (Lipinski definition) is 1. The van der Waals surface area contributed by atoms with Crippen LogP contribution >= 0.6 is 0 Å². The Morgan fingerprint density at radius 2 is 1.90 bits per heavy atom. The maximum Gasteiger partial charge on any atom is 0.132 e. The van der Waals surface area contributed by atoms with Crippen LogP contribution in [0.5, 0.6) is 0 Å². The maximum absolute atomic E-state index is 13.4. The highest BCUT2D eigenvalue weighted by Gasteiger charge is 2.41. The Hall–Kier alpha value is -2.88. The molecule has 1 unspecified atom stereocenters. The molecule has 154 valence electrons. The number of benzene rings is 2. The second-order valence-corrected chi connectivity index (χ2v) is 8.96. The van der Waals surface area contributed by atoms with Gasteiger partial charge in [-0.3, -0.25) is 0 Å². The van der Waals surface area contributed by atoms with Gasteiger partial charge in [-0.25, -0.2) is 9.37 Å². The van der Waals surface area contributed by atoms with E-state index in [9.17, 15) is 4.39 Å². The van der Waals surface area contributed by atoms with Gasteiger partial charge in [0.05, 0.1) is 16.6 Å². The van der Waals surface area contributed by atoms with Crippen LogP contribution in [0.2, 0.25) is 0 Å². The smallest absolute Gasteiger partial charge is 0.132 e. The van der Waals surface area contributed by atoms with Crippen molar-refractivity contribution >= 4 is 11.0 Å². The number of aromatic nitrogens is 2. The van der Waals surface area contributed by atoms with Crippen molar-refractivity contribution in [3.8, 4) is 0 Å². The molecule has 1 aliphatic heterocycles. The van der Waals surface area contributed by atoms with Gasteiger partial charge in [0.2, 0.25) is 0 Å². The highest BCUT2D eigenvalue weighted by molar-refractivity contribution is 5.77. The number of nitrogens with zero attached hydrogens (tertiary/aromatic N) is 2. The number of H-pyrrole nitrogens is 1. The Morgan fingerprint density at radius 1 is 1.13 bits per heavy atom. The molecule has 2 aromatic carbocycles. The average Bonchev–Trinajstić information content (AvgIpc) is 3.33. The van der Waals surface area contributed by atoms with Crippen LogP contribution in [0, 0.1) is 19.7 Å². The molecule has 1 fully saturated rings. The second kappa shape index (κ2) is 7.12. The van der Waals surface area contributed by atoms with Gasteiger partial charge in [-0.05, 0) is 87.1 Å². The molecule has 1 N–H and O–H groups in total. The fraction of sp³-hybridized carbons (Fsp3) is 0.346. The van der Waals surface area contributed by atoms with Crippen molar-refractivity contribution in [3.05, 3.63) is 88.7 Å². The largest absolute Gasteiger partial charge is 0.359 e. The van der Waals surface area contributed by atoms with Gasteiger partial charge in [-0.15, -0.1) is 0 Å². The molecule has 3 aromatic rings. The summed E-state index contributed by atoms with van der Waals surface area (Å²) in [4.78, 5) is 11.1. The SMILES string of the molecule is Cc1cc2nc([C@]3(C)CCCN3C3=CC(c4ccc(F)cc4)CC=C3)[nH]c2cc1C. The molecule has 0 amide bonds. The Morgan fingerprint density at radius 3 is 2.70 bits per heavy atom. The van der Waals surface area contributed by atoms with Gasteiger partial charge in [-0.2, -0.15) is 0 Å². The lowest BCUT2D eigenvalue weighted by Crippen LogP contribution is -2.39. The summed E-state index contributed by atoms with van der Waals surface area (Å²) >= 11 is 0. The van der Waals surface area contributed by atoms with Crippen LogP contribution in [0.4, 0.5) is 4.39 Å². The van der Waals surface area contributed by atoms with E-state index in [-0.39, 0.29) is 17.3 Å². The molecule has 0 spiro atoms. The molecular formula is C26H28FN3. The predicted octanol–water partition coefficient (Wildman–Crippen LogP) is 6.26. The number of nitrogens with one attached hydrogen (secondary N) is 1. The lowest BCUT2D eigenvalue weighted by atomic mass is 9.90. The van der Waals surface area contributed by atoms with Gasteiger partial charge in [-0.1, -0.05) is 24.3 Å². The zero-order valence-corrected chi connectivity index (χ0v) is 17.9. The lowest BCUT2D eigenvalue weighted by Gasteiger charge is -2.37. The van der Waals surface area contributed by atoms with Crippen LogP contribution < -0.4 is 0 Å². The molecule has 4 heteroatoms. The Kier molecular flexibility index (Phi) is 4.53. The molecule has 5 rings (SSSR count). The van der Waals surface area contributed by atoms with E-state index in [1.165, 1.54) is 16.8 Å². The van der Waals surface area contributed by atoms with Crippen molar-refractivity contribution in [3.63, 3.8) is 0 Å². The van der Waals surface area contributed by atoms with E-state index in [1.807, 2.05) is 12.1 Å². The highest BCUT2D eigenvalue weighted by Crippen LogP contribution is 2.42. The number of aryl methyl sites for hydroxylation is 2. The molecule has 0 saturated carbocycles. The molecule has 2 heterocycles. The normalized spacial score (nSPS) is 23.9. The van der Waals surface area contributed by atoms with Crippen LogP contribution in [0.25, 0.3) is 11.0 Å². The maximum atomic E-state index is 13.4. The number of likely N-dealkylation sites (tertiary alicyclic amines) is 1. The summed E-state index contributed by atoms with van der Waals surface area (Å²) in [5.74, 6) is 1.13. The zero-order valence-electron chi connectivity index (χ0n) is 17.9. The van der Waals surface area contributed by atoms with Gasteiger partial charge in [0.25, 0.3) is 0 Å². The monoisotopic (exact) mass is 401 g/mol. The van der Waals surface area contributed by atoms with E-state index in [0.29, 0.717) is 0 Å². The highest BCUT2D eigenvalue weighted by atomic mass is 19.1. The first-order valence-corrected chi connectivity index (χ1v) is 10.8. The molecular weight excluding hydrogens is 373 g/mol. The summed E-state index contributed by atoms with van der Waals surface area (Å²) in [7, 11) is 0. The van der Waals surface area contributed by atoms with Crippen LogP contribution in [-0.2, 0) is 5.54 Å². The van der Waals surface area contributed by atoms with Crippen LogP contribution in [0.1, 0.15) is 54.6 Å². The van der Waals surface area contributed by atoms with Gasteiger partial charge in [0, 0.05) is 18.2 Å². The summed E-state index contributed by atoms with van der Waals surface area (Å²) in [5, 5.41) is 0. The van der Waals surface area contributed by atoms with Gasteiger partial charge in [0.15, 0.2) is 0 Å². The van der Waals surface area contributed by atoms with E-state index >= 15 is 0 Å². The zero-order chi connectivity index (χ0) is 20.9. The van der Waals surface area contributed by atoms with Gasteiger partial charge in [0.1, 0.15) is 11.6 Å². The summed E-state index contributed by atoms with van der Waals surface area (Å²) in [5.41, 5.74) is 6.94. The molecule has 1 aromatic heterocycles. The van der Waals surface area contributed by atoms with E-state index < -0.39 is 0 Å². The fourth-order valence-electron chi connectivity index (χ4n) is 4.94. The lowest BCUT2D eigenvalue weighted by molar-refractivity contribution is 0.200. The molecule has 0 radical (unpaired) electrons. The molecule has 30 heavy (non-hydrogen) atoms. The Bertz CT molecular complexity index is 1120. The van der Waals surface area contributed by atoms with Crippen LogP contribution in [0.15, 0.2) is 60.3 Å². The second-order valence-electron chi connectivity index (χ2n) is 8.96. The minimum absolute atomic E-state index is 0.165. The fourth-order valence-corrected chi connectivity index (χ4v) is 4.94. The summed E-state index contributed by atoms with van der Waals surface area (Å²) in [6.07, 6.45) is 9.97. The Balaban J connectivity index is 1.51. The van der Waals surface area contributed by atoms with Crippen LogP contribution in [-0.4, -0.2) is 21.4 Å². The first-order chi connectivity index (χ1) is 14.4. The standard InChI is InChI=1S/C26H28FN3/c1-17-14-23-24(15-18(17)2)29-25(28-23)26(3)12-5-13-30(26)22-7-4-6-20(16-22)19-8-10-21(27)11-9-19/h4,7-11,14-16,20H,5-6,12-13H2,1-3H3,(H,28,29)/t20?,26-/m0/s1. The van der Waals surface area contributed by atoms with Crippen molar-refractivity contribution in [1.29, 1.82) is 0 Å². The molecule has 3 nitrogen and oxygen atoms in total. The molecule has 1 aliphatic carbocycles. The minimum Gasteiger partial charge on any atom is -0.359 e. The third-order valence-corrected chi connectivity index (χ3v) is 6.91.